The first kappa shape index (κ1) is 22.3. The third-order valence-corrected chi connectivity index (χ3v) is 5.81. The van der Waals surface area contributed by atoms with Crippen molar-refractivity contribution in [3.8, 4) is 17.3 Å². The summed E-state index contributed by atoms with van der Waals surface area (Å²) in [5, 5.41) is 8.73. The fraction of sp³-hybridized carbons (Fsp3) is 0.138. The number of fused-ring (bicyclic) bond motifs is 1. The fourth-order valence-electron chi connectivity index (χ4n) is 4.21. The summed E-state index contributed by atoms with van der Waals surface area (Å²) in [7, 11) is 0. The topological polar surface area (TPSA) is 69.0 Å². The molecule has 0 aliphatic heterocycles. The molecule has 0 bridgehead atoms. The van der Waals surface area contributed by atoms with Gasteiger partial charge in [0.1, 0.15) is 17.3 Å². The van der Waals surface area contributed by atoms with Crippen LogP contribution in [0, 0.1) is 27.7 Å². The van der Waals surface area contributed by atoms with Gasteiger partial charge in [-0.3, -0.25) is 4.79 Å². The van der Waals surface area contributed by atoms with Crippen molar-refractivity contribution >= 4 is 22.6 Å². The Labute approximate surface area is 204 Å². The molecular weight excluding hydrogens is 436 g/mol. The van der Waals surface area contributed by atoms with Gasteiger partial charge in [-0.1, -0.05) is 35.9 Å². The van der Waals surface area contributed by atoms with E-state index in [1.54, 1.807) is 22.9 Å². The van der Waals surface area contributed by atoms with Crippen molar-refractivity contribution in [2.24, 2.45) is 0 Å². The minimum absolute atomic E-state index is 0.256. The van der Waals surface area contributed by atoms with Crippen molar-refractivity contribution in [3.05, 3.63) is 107 Å². The quantitative estimate of drug-likeness (QED) is 0.316. The molecule has 0 atom stereocenters. The molecule has 3 aromatic carbocycles. The summed E-state index contributed by atoms with van der Waals surface area (Å²) >= 11 is 0. The molecule has 0 radical (unpaired) electrons. The number of para-hydroxylation sites is 1. The number of ether oxygens (including phenoxy) is 1. The lowest BCUT2D eigenvalue weighted by Gasteiger charge is -2.13. The van der Waals surface area contributed by atoms with Gasteiger partial charge in [-0.15, -0.1) is 0 Å². The van der Waals surface area contributed by atoms with Crippen LogP contribution in [0.15, 0.2) is 78.9 Å². The molecule has 0 saturated heterocycles. The van der Waals surface area contributed by atoms with Gasteiger partial charge in [-0.25, -0.2) is 4.98 Å². The second-order valence-electron chi connectivity index (χ2n) is 8.76. The van der Waals surface area contributed by atoms with Crippen LogP contribution in [0.5, 0.6) is 11.5 Å². The van der Waals surface area contributed by atoms with E-state index in [1.165, 1.54) is 5.56 Å². The largest absolute Gasteiger partial charge is 0.457 e. The molecule has 1 N–H and O–H groups in total. The molecule has 1 amide bonds. The van der Waals surface area contributed by atoms with Crippen LogP contribution >= 0.6 is 0 Å². The molecule has 6 nitrogen and oxygen atoms in total. The van der Waals surface area contributed by atoms with Crippen LogP contribution in [-0.4, -0.2) is 20.7 Å². The van der Waals surface area contributed by atoms with Gasteiger partial charge in [0.15, 0.2) is 5.82 Å². The summed E-state index contributed by atoms with van der Waals surface area (Å²) in [6, 6.07) is 24.7. The Bertz CT molecular complexity index is 1550. The normalized spacial score (nSPS) is 11.0. The van der Waals surface area contributed by atoms with E-state index in [9.17, 15) is 4.79 Å². The number of anilines is 1. The molecule has 35 heavy (non-hydrogen) atoms. The highest BCUT2D eigenvalue weighted by Crippen LogP contribution is 2.27. The summed E-state index contributed by atoms with van der Waals surface area (Å²) in [4.78, 5) is 18.0. The molecule has 174 valence electrons. The monoisotopic (exact) mass is 462 g/mol. The Morgan fingerprint density at radius 1 is 0.829 bits per heavy atom. The number of rotatable bonds is 5. The van der Waals surface area contributed by atoms with E-state index < -0.39 is 0 Å². The van der Waals surface area contributed by atoms with Crippen LogP contribution in [0.4, 0.5) is 5.82 Å². The Morgan fingerprint density at radius 3 is 2.40 bits per heavy atom. The molecule has 0 fully saturated rings. The average Bonchev–Trinajstić information content (AvgIpc) is 3.20. The number of aromatic nitrogens is 3. The lowest BCUT2D eigenvalue weighted by atomic mass is 10.0. The van der Waals surface area contributed by atoms with Crippen molar-refractivity contribution in [3.63, 3.8) is 0 Å². The summed E-state index contributed by atoms with van der Waals surface area (Å²) in [5.74, 6) is 2.26. The van der Waals surface area contributed by atoms with Gasteiger partial charge < -0.3 is 10.1 Å². The van der Waals surface area contributed by atoms with Crippen LogP contribution in [0.1, 0.15) is 32.7 Å². The van der Waals surface area contributed by atoms with Crippen molar-refractivity contribution in [2.45, 2.75) is 27.7 Å². The van der Waals surface area contributed by atoms with Crippen LogP contribution in [0.2, 0.25) is 0 Å². The molecule has 0 spiro atoms. The smallest absolute Gasteiger partial charge is 0.256 e. The van der Waals surface area contributed by atoms with Crippen molar-refractivity contribution in [2.75, 3.05) is 5.32 Å². The zero-order valence-corrected chi connectivity index (χ0v) is 20.2. The molecule has 5 aromatic rings. The number of hydrogen-bond acceptors (Lipinski definition) is 4. The number of hydrogen-bond donors (Lipinski definition) is 1. The van der Waals surface area contributed by atoms with Crippen LogP contribution in [0.25, 0.3) is 16.7 Å². The minimum atomic E-state index is -0.256. The Morgan fingerprint density at radius 2 is 1.60 bits per heavy atom. The lowest BCUT2D eigenvalue weighted by molar-refractivity contribution is 0.102. The fourth-order valence-corrected chi connectivity index (χ4v) is 4.21. The van der Waals surface area contributed by atoms with E-state index in [0.717, 1.165) is 27.7 Å². The first-order valence-electron chi connectivity index (χ1n) is 11.5. The third-order valence-electron chi connectivity index (χ3n) is 5.81. The number of carbonyl (C=O) groups is 1. The first-order chi connectivity index (χ1) is 16.9. The van der Waals surface area contributed by atoms with Crippen LogP contribution < -0.4 is 10.1 Å². The highest BCUT2D eigenvalue weighted by atomic mass is 16.5. The van der Waals surface area contributed by atoms with Crippen LogP contribution in [0.3, 0.4) is 0 Å². The maximum atomic E-state index is 13.2. The minimum Gasteiger partial charge on any atom is -0.457 e. The van der Waals surface area contributed by atoms with Gasteiger partial charge in [-0.05, 0) is 81.3 Å². The number of nitrogens with zero attached hydrogens (tertiary/aromatic N) is 3. The summed E-state index contributed by atoms with van der Waals surface area (Å²) in [6.45, 7) is 8.11. The zero-order valence-electron chi connectivity index (χ0n) is 20.2. The second-order valence-corrected chi connectivity index (χ2v) is 8.76. The number of benzene rings is 3. The third kappa shape index (κ3) is 4.64. The SMILES string of the molecule is Cc1cc(C)c2nc(-n3nc(C)cc3NC(=O)c3cccc(Oc4ccccc4)c3)cc(C)c2c1. The molecule has 0 aliphatic carbocycles. The number of aryl methyl sites for hydroxylation is 4. The maximum Gasteiger partial charge on any atom is 0.256 e. The standard InChI is InChI=1S/C29H26N4O2/c1-18-13-20(3)28-25(14-18)19(2)15-26(30-28)33-27(16-21(4)32-33)31-29(34)22-9-8-12-24(17-22)35-23-10-6-5-7-11-23/h5-17H,1-4H3,(H,31,34). The average molecular weight is 463 g/mol. The van der Waals surface area contributed by atoms with Gasteiger partial charge in [0, 0.05) is 17.0 Å². The zero-order chi connectivity index (χ0) is 24.5. The molecule has 0 aliphatic rings. The van der Waals surface area contributed by atoms with Crippen molar-refractivity contribution in [1.29, 1.82) is 0 Å². The number of amides is 1. The van der Waals surface area contributed by atoms with E-state index in [0.29, 0.717) is 28.7 Å². The first-order valence-corrected chi connectivity index (χ1v) is 11.5. The highest BCUT2D eigenvalue weighted by molar-refractivity contribution is 6.04. The van der Waals surface area contributed by atoms with Crippen molar-refractivity contribution in [1.82, 2.24) is 14.8 Å². The van der Waals surface area contributed by atoms with Gasteiger partial charge in [0.25, 0.3) is 5.91 Å². The Hall–Kier alpha value is -4.45. The molecule has 2 heterocycles. The summed E-state index contributed by atoms with van der Waals surface area (Å²) in [5.41, 5.74) is 5.61. The predicted octanol–water partition coefficient (Wildman–Crippen LogP) is 6.70. The molecule has 0 unspecified atom stereocenters. The maximum absolute atomic E-state index is 13.2. The molecule has 2 aromatic heterocycles. The van der Waals surface area contributed by atoms with Gasteiger partial charge in [0.05, 0.1) is 11.2 Å². The van der Waals surface area contributed by atoms with E-state index >= 15 is 0 Å². The van der Waals surface area contributed by atoms with Gasteiger partial charge in [0.2, 0.25) is 0 Å². The second kappa shape index (κ2) is 9.06. The highest BCUT2D eigenvalue weighted by Gasteiger charge is 2.16. The van der Waals surface area contributed by atoms with E-state index in [4.69, 9.17) is 9.72 Å². The number of pyridine rings is 1. The van der Waals surface area contributed by atoms with Crippen molar-refractivity contribution < 1.29 is 9.53 Å². The lowest BCUT2D eigenvalue weighted by Crippen LogP contribution is -2.15. The summed E-state index contributed by atoms with van der Waals surface area (Å²) < 4.78 is 7.57. The Kier molecular flexibility index (Phi) is 5.79. The number of carbonyl (C=O) groups excluding carboxylic acids is 1. The molecule has 0 saturated carbocycles. The van der Waals surface area contributed by atoms with E-state index in [1.807, 2.05) is 55.5 Å². The predicted molar refractivity (Wildman–Crippen MR) is 139 cm³/mol. The molecule has 6 heteroatoms. The van der Waals surface area contributed by atoms with Gasteiger partial charge >= 0.3 is 0 Å². The Balaban J connectivity index is 1.46. The molecule has 5 rings (SSSR count). The molecular formula is C29H26N4O2. The van der Waals surface area contributed by atoms with Crippen LogP contribution in [-0.2, 0) is 0 Å². The summed E-state index contributed by atoms with van der Waals surface area (Å²) in [6.07, 6.45) is 0. The number of nitrogens with one attached hydrogen (secondary N) is 1. The van der Waals surface area contributed by atoms with Gasteiger partial charge in [-0.2, -0.15) is 9.78 Å². The van der Waals surface area contributed by atoms with E-state index in [-0.39, 0.29) is 5.91 Å². The van der Waals surface area contributed by atoms with E-state index in [2.05, 4.69) is 43.3 Å².